The molecule has 54 valence electrons. The highest BCUT2D eigenvalue weighted by atomic mass is 17.2. The number of rotatable bonds is 1. The Bertz CT molecular complexity index is 84.9. The second kappa shape index (κ2) is 2.67. The van der Waals surface area contributed by atoms with Crippen molar-refractivity contribution in [1.82, 2.24) is 0 Å². The Morgan fingerprint density at radius 3 is 2.56 bits per heavy atom. The smallest absolute Gasteiger partial charge is 0.0876 e. The first-order chi connectivity index (χ1) is 4.27. The van der Waals surface area contributed by atoms with Gasteiger partial charge in [-0.3, -0.25) is 0 Å². The van der Waals surface area contributed by atoms with Crippen LogP contribution < -0.4 is 0 Å². The quantitative estimate of drug-likeness (QED) is 0.503. The summed E-state index contributed by atoms with van der Waals surface area (Å²) >= 11 is 0. The van der Waals surface area contributed by atoms with Gasteiger partial charge in [0.15, 0.2) is 0 Å². The normalized spacial score (nSPS) is 36.7. The highest BCUT2D eigenvalue weighted by molar-refractivity contribution is 4.72. The van der Waals surface area contributed by atoms with Gasteiger partial charge in [-0.05, 0) is 18.3 Å². The van der Waals surface area contributed by atoms with Gasteiger partial charge in [-0.1, -0.05) is 13.8 Å². The van der Waals surface area contributed by atoms with E-state index in [1.165, 1.54) is 6.42 Å². The maximum atomic E-state index is 4.88. The molecule has 1 fully saturated rings. The molecule has 0 N–H and O–H groups in total. The lowest BCUT2D eigenvalue weighted by atomic mass is 9.85. The van der Waals surface area contributed by atoms with Crippen LogP contribution in [0.4, 0.5) is 0 Å². The summed E-state index contributed by atoms with van der Waals surface area (Å²) in [4.78, 5) is 9.64. The average Bonchev–Trinajstić information content (AvgIpc) is 1.90. The van der Waals surface area contributed by atoms with E-state index in [0.717, 1.165) is 19.6 Å². The summed E-state index contributed by atoms with van der Waals surface area (Å²) in [6.07, 6.45) is 2.31. The summed E-state index contributed by atoms with van der Waals surface area (Å²) in [5.41, 5.74) is 0.373. The molecule has 0 aromatic carbocycles. The Balaban J connectivity index is 2.37. The lowest BCUT2D eigenvalue weighted by Crippen LogP contribution is -2.29. The van der Waals surface area contributed by atoms with Crippen molar-refractivity contribution in [2.45, 2.75) is 26.7 Å². The fourth-order valence-electron chi connectivity index (χ4n) is 0.882. The summed E-state index contributed by atoms with van der Waals surface area (Å²) in [5, 5.41) is 0. The zero-order valence-corrected chi connectivity index (χ0v) is 6.14. The molecule has 1 unspecified atom stereocenters. The molecule has 0 aromatic rings. The zero-order chi connectivity index (χ0) is 6.74. The highest BCUT2D eigenvalue weighted by Gasteiger charge is 2.26. The minimum atomic E-state index is 0.373. The molecular weight excluding hydrogens is 116 g/mol. The Labute approximate surface area is 56.1 Å². The standard InChI is InChI=1S/C7H14O2/c1-3-7(2)4-5-8-9-6-7/h3-6H2,1-2H3. The Morgan fingerprint density at radius 2 is 2.22 bits per heavy atom. The van der Waals surface area contributed by atoms with Crippen molar-refractivity contribution >= 4 is 0 Å². The van der Waals surface area contributed by atoms with Crippen molar-refractivity contribution in [1.29, 1.82) is 0 Å². The molecule has 1 saturated heterocycles. The maximum Gasteiger partial charge on any atom is 0.0876 e. The Morgan fingerprint density at radius 1 is 1.44 bits per heavy atom. The summed E-state index contributed by atoms with van der Waals surface area (Å²) < 4.78 is 0. The third-order valence-electron chi connectivity index (χ3n) is 2.13. The third kappa shape index (κ3) is 1.66. The molecule has 0 bridgehead atoms. The van der Waals surface area contributed by atoms with Gasteiger partial charge < -0.3 is 0 Å². The van der Waals surface area contributed by atoms with Crippen LogP contribution in [0.3, 0.4) is 0 Å². The monoisotopic (exact) mass is 130 g/mol. The molecule has 2 nitrogen and oxygen atoms in total. The third-order valence-corrected chi connectivity index (χ3v) is 2.13. The van der Waals surface area contributed by atoms with Crippen LogP contribution in [0.5, 0.6) is 0 Å². The van der Waals surface area contributed by atoms with E-state index >= 15 is 0 Å². The van der Waals surface area contributed by atoms with Crippen molar-refractivity contribution in [2.24, 2.45) is 5.41 Å². The second-order valence-corrected chi connectivity index (χ2v) is 3.00. The molecule has 0 aliphatic carbocycles. The van der Waals surface area contributed by atoms with Crippen LogP contribution in [0.15, 0.2) is 0 Å². The molecule has 1 aliphatic rings. The Kier molecular flexibility index (Phi) is 2.09. The van der Waals surface area contributed by atoms with Crippen molar-refractivity contribution in [3.63, 3.8) is 0 Å². The van der Waals surface area contributed by atoms with E-state index in [0.29, 0.717) is 5.41 Å². The van der Waals surface area contributed by atoms with Gasteiger partial charge in [0.1, 0.15) is 0 Å². The molecule has 2 heteroatoms. The van der Waals surface area contributed by atoms with Gasteiger partial charge in [-0.25, -0.2) is 9.78 Å². The van der Waals surface area contributed by atoms with E-state index in [9.17, 15) is 0 Å². The van der Waals surface area contributed by atoms with Gasteiger partial charge in [0.2, 0.25) is 0 Å². The van der Waals surface area contributed by atoms with Crippen LogP contribution in [0, 0.1) is 5.41 Å². The highest BCUT2D eigenvalue weighted by Crippen LogP contribution is 2.28. The second-order valence-electron chi connectivity index (χ2n) is 3.00. The molecule has 0 saturated carbocycles. The van der Waals surface area contributed by atoms with E-state index in [2.05, 4.69) is 13.8 Å². The lowest BCUT2D eigenvalue weighted by molar-refractivity contribution is -0.337. The van der Waals surface area contributed by atoms with Crippen LogP contribution in [-0.4, -0.2) is 13.2 Å². The molecule has 1 aliphatic heterocycles. The molecule has 0 aromatic heterocycles. The van der Waals surface area contributed by atoms with Gasteiger partial charge in [0.25, 0.3) is 0 Å². The molecule has 1 rings (SSSR count). The zero-order valence-electron chi connectivity index (χ0n) is 6.14. The van der Waals surface area contributed by atoms with E-state index in [4.69, 9.17) is 9.78 Å². The topological polar surface area (TPSA) is 18.5 Å². The molecular formula is C7H14O2. The van der Waals surface area contributed by atoms with Crippen molar-refractivity contribution in [3.05, 3.63) is 0 Å². The molecule has 9 heavy (non-hydrogen) atoms. The molecule has 0 amide bonds. The predicted octanol–water partition coefficient (Wildman–Crippen LogP) is 1.75. The first-order valence-electron chi connectivity index (χ1n) is 3.51. The largest absolute Gasteiger partial charge is 0.237 e. The van der Waals surface area contributed by atoms with Crippen LogP contribution in [0.2, 0.25) is 0 Å². The summed E-state index contributed by atoms with van der Waals surface area (Å²) in [6, 6.07) is 0. The molecule has 1 heterocycles. The first kappa shape index (κ1) is 7.03. The predicted molar refractivity (Wildman–Crippen MR) is 34.9 cm³/mol. The SMILES string of the molecule is CCC1(C)CCOOC1. The van der Waals surface area contributed by atoms with E-state index < -0.39 is 0 Å². The summed E-state index contributed by atoms with van der Waals surface area (Å²) in [7, 11) is 0. The van der Waals surface area contributed by atoms with E-state index in [1.807, 2.05) is 0 Å². The fraction of sp³-hybridized carbons (Fsp3) is 1.00. The maximum absolute atomic E-state index is 4.88. The summed E-state index contributed by atoms with van der Waals surface area (Å²) in [5.74, 6) is 0. The van der Waals surface area contributed by atoms with Gasteiger partial charge >= 0.3 is 0 Å². The number of hydrogen-bond donors (Lipinski definition) is 0. The minimum absolute atomic E-state index is 0.373. The minimum Gasteiger partial charge on any atom is -0.237 e. The first-order valence-corrected chi connectivity index (χ1v) is 3.51. The van der Waals surface area contributed by atoms with Gasteiger partial charge in [0.05, 0.1) is 13.2 Å². The van der Waals surface area contributed by atoms with E-state index in [1.54, 1.807) is 0 Å². The van der Waals surface area contributed by atoms with Gasteiger partial charge in [-0.15, -0.1) is 0 Å². The van der Waals surface area contributed by atoms with Gasteiger partial charge in [-0.2, -0.15) is 0 Å². The Hall–Kier alpha value is -0.0800. The van der Waals surface area contributed by atoms with Crippen molar-refractivity contribution in [3.8, 4) is 0 Å². The van der Waals surface area contributed by atoms with Crippen molar-refractivity contribution < 1.29 is 9.78 Å². The molecule has 1 atom stereocenters. The summed E-state index contributed by atoms with van der Waals surface area (Å²) in [6.45, 7) is 5.93. The van der Waals surface area contributed by atoms with Crippen LogP contribution in [0.1, 0.15) is 26.7 Å². The van der Waals surface area contributed by atoms with Gasteiger partial charge in [0, 0.05) is 0 Å². The van der Waals surface area contributed by atoms with Crippen LogP contribution in [0.25, 0.3) is 0 Å². The van der Waals surface area contributed by atoms with Crippen molar-refractivity contribution in [2.75, 3.05) is 13.2 Å². The number of hydrogen-bond acceptors (Lipinski definition) is 2. The van der Waals surface area contributed by atoms with Crippen LogP contribution >= 0.6 is 0 Å². The molecule has 0 spiro atoms. The average molecular weight is 130 g/mol. The van der Waals surface area contributed by atoms with Crippen LogP contribution in [-0.2, 0) is 9.78 Å². The lowest BCUT2D eigenvalue weighted by Gasteiger charge is -2.30. The van der Waals surface area contributed by atoms with E-state index in [-0.39, 0.29) is 0 Å². The molecule has 0 radical (unpaired) electrons. The fourth-order valence-corrected chi connectivity index (χ4v) is 0.882.